The van der Waals surface area contributed by atoms with Crippen molar-refractivity contribution in [3.8, 4) is 0 Å². The molecule has 0 aliphatic rings. The van der Waals surface area contributed by atoms with E-state index < -0.39 is 0 Å². The first-order valence-electron chi connectivity index (χ1n) is 4.35. The summed E-state index contributed by atoms with van der Waals surface area (Å²) < 4.78 is 2.92. The van der Waals surface area contributed by atoms with Gasteiger partial charge in [-0.3, -0.25) is 8.77 Å². The summed E-state index contributed by atoms with van der Waals surface area (Å²) in [5.41, 5.74) is 1.58. The Bertz CT molecular complexity index is 557. The first-order chi connectivity index (χ1) is 7.61. The van der Waals surface area contributed by atoms with Gasteiger partial charge in [-0.05, 0) is 22.0 Å². The quantitative estimate of drug-likeness (QED) is 0.768. The van der Waals surface area contributed by atoms with Crippen molar-refractivity contribution in [3.63, 3.8) is 0 Å². The van der Waals surface area contributed by atoms with Gasteiger partial charge in [0.25, 0.3) is 0 Å². The fraction of sp³-hybridized carbons (Fsp3) is 0.111. The molecule has 0 aliphatic heterocycles. The highest BCUT2D eigenvalue weighted by Gasteiger charge is 2.09. The number of hydrogen-bond donors (Lipinski definition) is 1. The van der Waals surface area contributed by atoms with Crippen LogP contribution in [0.15, 0.2) is 22.9 Å². The van der Waals surface area contributed by atoms with Crippen molar-refractivity contribution in [2.24, 2.45) is 0 Å². The van der Waals surface area contributed by atoms with Crippen LogP contribution in [-0.4, -0.2) is 14.9 Å². The Kier molecular flexibility index (Phi) is 3.75. The highest BCUT2D eigenvalue weighted by Crippen LogP contribution is 2.31. The average molecular weight is 412 g/mol. The average Bonchev–Trinajstić information content (AvgIpc) is 2.55. The SMILES string of the molecule is CC(=O)Nc1cnc2c(c1)c(Br)cn2SI. The third-order valence-corrected chi connectivity index (χ3v) is 4.29. The van der Waals surface area contributed by atoms with Crippen LogP contribution < -0.4 is 5.32 Å². The summed E-state index contributed by atoms with van der Waals surface area (Å²) in [6.45, 7) is 1.48. The molecule has 0 saturated heterocycles. The molecule has 0 aliphatic carbocycles. The lowest BCUT2D eigenvalue weighted by molar-refractivity contribution is -0.114. The van der Waals surface area contributed by atoms with Crippen molar-refractivity contribution < 1.29 is 4.79 Å². The molecule has 0 unspecified atom stereocenters. The summed E-state index contributed by atoms with van der Waals surface area (Å²) in [5, 5.41) is 3.69. The lowest BCUT2D eigenvalue weighted by Crippen LogP contribution is -2.05. The molecule has 2 aromatic heterocycles. The van der Waals surface area contributed by atoms with Crippen LogP contribution in [0.5, 0.6) is 0 Å². The van der Waals surface area contributed by atoms with Gasteiger partial charge in [0.05, 0.1) is 11.9 Å². The zero-order valence-corrected chi connectivity index (χ0v) is 12.8. The number of pyridine rings is 1. The van der Waals surface area contributed by atoms with E-state index in [0.29, 0.717) is 5.69 Å². The number of aromatic nitrogens is 2. The summed E-state index contributed by atoms with van der Waals surface area (Å²) in [6.07, 6.45) is 3.60. The van der Waals surface area contributed by atoms with Gasteiger partial charge in [-0.2, -0.15) is 0 Å². The first-order valence-corrected chi connectivity index (χ1v) is 8.46. The van der Waals surface area contributed by atoms with Crippen LogP contribution in [0.1, 0.15) is 6.92 Å². The van der Waals surface area contributed by atoms with Gasteiger partial charge in [-0.1, -0.05) is 0 Å². The van der Waals surface area contributed by atoms with E-state index in [4.69, 9.17) is 0 Å². The molecule has 0 fully saturated rings. The fourth-order valence-electron chi connectivity index (χ4n) is 1.37. The van der Waals surface area contributed by atoms with Crippen molar-refractivity contribution in [2.75, 3.05) is 5.32 Å². The number of halogens is 2. The Morgan fingerprint density at radius 3 is 3.06 bits per heavy atom. The number of nitrogens with one attached hydrogen (secondary N) is 1. The fourth-order valence-corrected chi connectivity index (χ4v) is 3.26. The topological polar surface area (TPSA) is 46.9 Å². The van der Waals surface area contributed by atoms with Gasteiger partial charge in [0.2, 0.25) is 5.91 Å². The van der Waals surface area contributed by atoms with Crippen LogP contribution in [0, 0.1) is 0 Å². The Morgan fingerprint density at radius 2 is 2.44 bits per heavy atom. The number of nitrogens with zero attached hydrogens (tertiary/aromatic N) is 2. The van der Waals surface area contributed by atoms with E-state index in [-0.39, 0.29) is 5.91 Å². The zero-order chi connectivity index (χ0) is 11.7. The van der Waals surface area contributed by atoms with E-state index in [1.165, 1.54) is 6.92 Å². The maximum Gasteiger partial charge on any atom is 0.221 e. The van der Waals surface area contributed by atoms with E-state index in [2.05, 4.69) is 47.4 Å². The number of rotatable bonds is 2. The largest absolute Gasteiger partial charge is 0.325 e. The minimum atomic E-state index is -0.0972. The summed E-state index contributed by atoms with van der Waals surface area (Å²) in [5.74, 6) is -0.0972. The molecule has 0 spiro atoms. The smallest absolute Gasteiger partial charge is 0.221 e. The summed E-state index contributed by atoms with van der Waals surface area (Å²) >= 11 is 5.66. The lowest BCUT2D eigenvalue weighted by Gasteiger charge is -2.02. The van der Waals surface area contributed by atoms with E-state index in [1.54, 1.807) is 15.3 Å². The monoisotopic (exact) mass is 411 g/mol. The van der Waals surface area contributed by atoms with E-state index in [0.717, 1.165) is 15.5 Å². The molecule has 0 atom stereocenters. The molecule has 1 amide bonds. The highest BCUT2D eigenvalue weighted by molar-refractivity contribution is 14.2. The van der Waals surface area contributed by atoms with Crippen LogP contribution in [0.4, 0.5) is 5.69 Å². The van der Waals surface area contributed by atoms with Gasteiger partial charge in [0.1, 0.15) is 0 Å². The highest BCUT2D eigenvalue weighted by atomic mass is 127. The van der Waals surface area contributed by atoms with Crippen molar-refractivity contribution in [1.29, 1.82) is 0 Å². The van der Waals surface area contributed by atoms with Gasteiger partial charge in [-0.25, -0.2) is 4.98 Å². The standard InChI is InChI=1S/C9H7BrIN3OS/c1-5(15)13-6-2-7-8(10)4-14(16-11)9(7)12-3-6/h2-4H,1H3,(H,13,15). The lowest BCUT2D eigenvalue weighted by atomic mass is 10.3. The molecular weight excluding hydrogens is 405 g/mol. The predicted octanol–water partition coefficient (Wildman–Crippen LogP) is 3.60. The summed E-state index contributed by atoms with van der Waals surface area (Å²) in [4.78, 5) is 15.3. The van der Waals surface area contributed by atoms with E-state index in [9.17, 15) is 4.79 Å². The van der Waals surface area contributed by atoms with Gasteiger partial charge in [0, 0.05) is 53.3 Å². The number of amides is 1. The van der Waals surface area contributed by atoms with Crippen LogP contribution in [0.25, 0.3) is 11.0 Å². The summed E-state index contributed by atoms with van der Waals surface area (Å²) in [6, 6.07) is 1.90. The van der Waals surface area contributed by atoms with Crippen molar-refractivity contribution in [3.05, 3.63) is 22.9 Å². The number of fused-ring (bicyclic) bond motifs is 1. The Morgan fingerprint density at radius 1 is 1.69 bits per heavy atom. The van der Waals surface area contributed by atoms with Crippen molar-refractivity contribution >= 4 is 68.9 Å². The molecular formula is C9H7BrIN3OS. The summed E-state index contributed by atoms with van der Waals surface area (Å²) in [7, 11) is 1.55. The molecule has 2 rings (SSSR count). The van der Waals surface area contributed by atoms with Gasteiger partial charge < -0.3 is 5.32 Å². The van der Waals surface area contributed by atoms with E-state index in [1.807, 2.05) is 16.2 Å². The van der Waals surface area contributed by atoms with E-state index >= 15 is 0 Å². The molecule has 16 heavy (non-hydrogen) atoms. The third kappa shape index (κ3) is 2.35. The number of anilines is 1. The number of carbonyl (C=O) groups is 1. The molecule has 84 valence electrons. The predicted molar refractivity (Wildman–Crippen MR) is 78.7 cm³/mol. The van der Waals surface area contributed by atoms with Crippen molar-refractivity contribution in [1.82, 2.24) is 8.96 Å². The molecule has 0 aromatic carbocycles. The second-order valence-electron chi connectivity index (χ2n) is 3.15. The maximum absolute atomic E-state index is 10.9. The van der Waals surface area contributed by atoms with Crippen LogP contribution in [0.2, 0.25) is 0 Å². The molecule has 7 heteroatoms. The molecule has 0 radical (unpaired) electrons. The Hall–Kier alpha value is -0.280. The van der Waals surface area contributed by atoms with Crippen molar-refractivity contribution in [2.45, 2.75) is 6.92 Å². The molecule has 0 bridgehead atoms. The van der Waals surface area contributed by atoms with Crippen LogP contribution >= 0.6 is 46.3 Å². The minimum Gasteiger partial charge on any atom is -0.325 e. The Balaban J connectivity index is 2.53. The molecule has 2 heterocycles. The molecule has 4 nitrogen and oxygen atoms in total. The van der Waals surface area contributed by atoms with Gasteiger partial charge in [-0.15, -0.1) is 0 Å². The normalized spacial score (nSPS) is 10.7. The maximum atomic E-state index is 10.9. The zero-order valence-electron chi connectivity index (χ0n) is 8.20. The number of carbonyl (C=O) groups excluding carboxylic acids is 1. The molecule has 1 N–H and O–H groups in total. The minimum absolute atomic E-state index is 0.0972. The Labute approximate surface area is 117 Å². The second kappa shape index (κ2) is 4.92. The number of hydrogen-bond acceptors (Lipinski definition) is 3. The third-order valence-electron chi connectivity index (χ3n) is 1.96. The molecule has 2 aromatic rings. The first kappa shape index (κ1) is 12.2. The second-order valence-corrected chi connectivity index (χ2v) is 5.72. The van der Waals surface area contributed by atoms with Crippen LogP contribution in [-0.2, 0) is 4.79 Å². The van der Waals surface area contributed by atoms with Gasteiger partial charge >= 0.3 is 0 Å². The van der Waals surface area contributed by atoms with Crippen LogP contribution in [0.3, 0.4) is 0 Å². The molecule has 0 saturated carbocycles. The van der Waals surface area contributed by atoms with Gasteiger partial charge in [0.15, 0.2) is 5.65 Å².